The van der Waals surface area contributed by atoms with E-state index in [-0.39, 0.29) is 6.04 Å². The quantitative estimate of drug-likeness (QED) is 0.832. The van der Waals surface area contributed by atoms with Crippen molar-refractivity contribution in [2.75, 3.05) is 0 Å². The maximum Gasteiger partial charge on any atom is 0.0756 e. The summed E-state index contributed by atoms with van der Waals surface area (Å²) in [5.74, 6) is 0.574. The van der Waals surface area contributed by atoms with Gasteiger partial charge in [0.1, 0.15) is 0 Å². The van der Waals surface area contributed by atoms with Crippen LogP contribution in [0.15, 0.2) is 18.6 Å². The van der Waals surface area contributed by atoms with E-state index in [9.17, 15) is 0 Å². The topological polar surface area (TPSA) is 51.8 Å². The molecule has 1 saturated carbocycles. The lowest BCUT2D eigenvalue weighted by Crippen LogP contribution is -2.29. The van der Waals surface area contributed by atoms with Crippen LogP contribution in [-0.4, -0.2) is 9.97 Å². The van der Waals surface area contributed by atoms with E-state index in [2.05, 4.69) is 23.8 Å². The largest absolute Gasteiger partial charge is 0.322 e. The average molecular weight is 219 g/mol. The summed E-state index contributed by atoms with van der Waals surface area (Å²) < 4.78 is 0. The molecule has 3 heteroatoms. The van der Waals surface area contributed by atoms with Crippen molar-refractivity contribution in [2.24, 2.45) is 17.1 Å². The molecule has 88 valence electrons. The molecule has 0 aromatic carbocycles. The molecule has 16 heavy (non-hydrogen) atoms. The summed E-state index contributed by atoms with van der Waals surface area (Å²) in [6.07, 6.45) is 10.2. The van der Waals surface area contributed by atoms with E-state index in [4.69, 9.17) is 5.73 Å². The summed E-state index contributed by atoms with van der Waals surface area (Å²) >= 11 is 0. The van der Waals surface area contributed by atoms with Gasteiger partial charge in [-0.15, -0.1) is 0 Å². The number of nitrogens with two attached hydrogens (primary N) is 1. The first-order valence-corrected chi connectivity index (χ1v) is 6.10. The Morgan fingerprint density at radius 2 is 2.00 bits per heavy atom. The predicted molar refractivity (Wildman–Crippen MR) is 64.7 cm³/mol. The minimum absolute atomic E-state index is 0.0600. The Labute approximate surface area is 97.5 Å². The van der Waals surface area contributed by atoms with Crippen LogP contribution in [0.3, 0.4) is 0 Å². The molecule has 1 aliphatic rings. The van der Waals surface area contributed by atoms with Gasteiger partial charge in [-0.2, -0.15) is 0 Å². The zero-order chi connectivity index (χ0) is 11.6. The maximum absolute atomic E-state index is 6.26. The molecule has 1 heterocycles. The van der Waals surface area contributed by atoms with Crippen molar-refractivity contribution in [1.82, 2.24) is 9.97 Å². The van der Waals surface area contributed by atoms with E-state index >= 15 is 0 Å². The highest BCUT2D eigenvalue weighted by Crippen LogP contribution is 2.41. The normalized spacial score (nSPS) is 22.9. The van der Waals surface area contributed by atoms with Crippen LogP contribution >= 0.6 is 0 Å². The molecule has 0 amide bonds. The van der Waals surface area contributed by atoms with Crippen molar-refractivity contribution in [3.05, 3.63) is 24.3 Å². The fourth-order valence-corrected chi connectivity index (χ4v) is 2.50. The zero-order valence-electron chi connectivity index (χ0n) is 10.2. The van der Waals surface area contributed by atoms with Crippen molar-refractivity contribution in [1.29, 1.82) is 0 Å². The molecular weight excluding hydrogens is 198 g/mol. The molecule has 1 aromatic rings. The summed E-state index contributed by atoms with van der Waals surface area (Å²) in [5, 5.41) is 0. The molecule has 1 fully saturated rings. The Balaban J connectivity index is 2.00. The van der Waals surface area contributed by atoms with Gasteiger partial charge >= 0.3 is 0 Å². The molecule has 2 N–H and O–H groups in total. The summed E-state index contributed by atoms with van der Waals surface area (Å²) in [6, 6.07) is 0.0600. The van der Waals surface area contributed by atoms with E-state index in [1.807, 2.05) is 0 Å². The van der Waals surface area contributed by atoms with Gasteiger partial charge in [-0.05, 0) is 37.0 Å². The fraction of sp³-hybridized carbons (Fsp3) is 0.692. The molecule has 3 nitrogen and oxygen atoms in total. The number of rotatable bonds is 2. The van der Waals surface area contributed by atoms with E-state index < -0.39 is 0 Å². The number of nitrogens with zero attached hydrogens (tertiary/aromatic N) is 2. The van der Waals surface area contributed by atoms with Gasteiger partial charge in [0, 0.05) is 18.6 Å². The van der Waals surface area contributed by atoms with Gasteiger partial charge in [-0.25, -0.2) is 0 Å². The van der Waals surface area contributed by atoms with Crippen LogP contribution in [-0.2, 0) is 0 Å². The Morgan fingerprint density at radius 3 is 2.56 bits per heavy atom. The van der Waals surface area contributed by atoms with Crippen molar-refractivity contribution in [3.63, 3.8) is 0 Å². The minimum atomic E-state index is 0.0600. The monoisotopic (exact) mass is 219 g/mol. The van der Waals surface area contributed by atoms with Crippen LogP contribution in [0.25, 0.3) is 0 Å². The highest BCUT2D eigenvalue weighted by atomic mass is 14.8. The Hall–Kier alpha value is -0.960. The summed E-state index contributed by atoms with van der Waals surface area (Å²) in [6.45, 7) is 4.69. The maximum atomic E-state index is 6.26. The van der Waals surface area contributed by atoms with Crippen LogP contribution in [0.5, 0.6) is 0 Å². The summed E-state index contributed by atoms with van der Waals surface area (Å²) in [7, 11) is 0. The molecule has 0 aliphatic heterocycles. The third-order valence-corrected chi connectivity index (χ3v) is 3.82. The minimum Gasteiger partial charge on any atom is -0.322 e. The first-order chi connectivity index (χ1) is 7.58. The summed E-state index contributed by atoms with van der Waals surface area (Å²) in [5.41, 5.74) is 7.69. The van der Waals surface area contributed by atoms with E-state index in [1.54, 1.807) is 18.6 Å². The van der Waals surface area contributed by atoms with Crippen molar-refractivity contribution >= 4 is 0 Å². The van der Waals surface area contributed by atoms with Crippen molar-refractivity contribution in [2.45, 2.75) is 45.6 Å². The second kappa shape index (κ2) is 4.50. The first kappa shape index (κ1) is 11.5. The number of aromatic nitrogens is 2. The second-order valence-corrected chi connectivity index (χ2v) is 5.66. The molecule has 1 atom stereocenters. The van der Waals surface area contributed by atoms with Gasteiger partial charge in [0.25, 0.3) is 0 Å². The van der Waals surface area contributed by atoms with Crippen LogP contribution < -0.4 is 5.73 Å². The highest BCUT2D eigenvalue weighted by molar-refractivity contribution is 5.04. The van der Waals surface area contributed by atoms with Gasteiger partial charge in [0.05, 0.1) is 11.7 Å². The lowest BCUT2D eigenvalue weighted by molar-refractivity contribution is 0.172. The number of hydrogen-bond donors (Lipinski definition) is 1. The van der Waals surface area contributed by atoms with Crippen molar-refractivity contribution < 1.29 is 0 Å². The Morgan fingerprint density at radius 1 is 1.31 bits per heavy atom. The van der Waals surface area contributed by atoms with E-state index in [0.717, 1.165) is 5.69 Å². The highest BCUT2D eigenvalue weighted by Gasteiger charge is 2.30. The van der Waals surface area contributed by atoms with Gasteiger partial charge in [0.2, 0.25) is 0 Å². The molecule has 0 radical (unpaired) electrons. The summed E-state index contributed by atoms with van der Waals surface area (Å²) in [4.78, 5) is 8.39. The van der Waals surface area contributed by atoms with Gasteiger partial charge < -0.3 is 5.73 Å². The van der Waals surface area contributed by atoms with Crippen LogP contribution in [0.1, 0.15) is 51.3 Å². The van der Waals surface area contributed by atoms with E-state index in [1.165, 1.54) is 25.7 Å². The molecule has 0 saturated heterocycles. The molecule has 1 aromatic heterocycles. The second-order valence-electron chi connectivity index (χ2n) is 5.66. The lowest BCUT2D eigenvalue weighted by atomic mass is 9.71. The third kappa shape index (κ3) is 2.59. The van der Waals surface area contributed by atoms with Crippen molar-refractivity contribution in [3.8, 4) is 0 Å². The molecule has 1 unspecified atom stereocenters. The molecule has 2 rings (SSSR count). The van der Waals surface area contributed by atoms with Gasteiger partial charge in [-0.3, -0.25) is 9.97 Å². The van der Waals surface area contributed by atoms with Gasteiger partial charge in [-0.1, -0.05) is 13.8 Å². The SMILES string of the molecule is CC1(C)CCC(C(N)c2cnccn2)CC1. The van der Waals surface area contributed by atoms with Gasteiger partial charge in [0.15, 0.2) is 0 Å². The third-order valence-electron chi connectivity index (χ3n) is 3.82. The zero-order valence-corrected chi connectivity index (χ0v) is 10.2. The molecule has 1 aliphatic carbocycles. The predicted octanol–water partition coefficient (Wildman–Crippen LogP) is 2.69. The molecule has 0 bridgehead atoms. The standard InChI is InChI=1S/C13H21N3/c1-13(2)5-3-10(4-6-13)12(14)11-9-15-7-8-16-11/h7-10,12H,3-6,14H2,1-2H3. The molecule has 0 spiro atoms. The fourth-order valence-electron chi connectivity index (χ4n) is 2.50. The van der Waals surface area contributed by atoms with E-state index in [0.29, 0.717) is 11.3 Å². The van der Waals surface area contributed by atoms with Crippen LogP contribution in [0.4, 0.5) is 0 Å². The number of hydrogen-bond acceptors (Lipinski definition) is 3. The molecular formula is C13H21N3. The Kier molecular flexibility index (Phi) is 3.24. The smallest absolute Gasteiger partial charge is 0.0756 e. The first-order valence-electron chi connectivity index (χ1n) is 6.10. The average Bonchev–Trinajstić information content (AvgIpc) is 2.29. The lowest BCUT2D eigenvalue weighted by Gasteiger charge is -2.36. The Bertz CT molecular complexity index is 324. The van der Waals surface area contributed by atoms with Crippen LogP contribution in [0, 0.1) is 11.3 Å². The van der Waals surface area contributed by atoms with Crippen LogP contribution in [0.2, 0.25) is 0 Å².